The smallest absolute Gasteiger partial charge is 0.416 e. The zero-order valence-corrected chi connectivity index (χ0v) is 14.5. The molecule has 0 amide bonds. The Morgan fingerprint density at radius 2 is 1.54 bits per heavy atom. The summed E-state index contributed by atoms with van der Waals surface area (Å²) in [6.45, 7) is 0. The number of fused-ring (bicyclic) bond motifs is 1. The van der Waals surface area contributed by atoms with Crippen LogP contribution in [0.2, 0.25) is 0 Å². The van der Waals surface area contributed by atoms with E-state index in [0.29, 0.717) is 29.8 Å². The van der Waals surface area contributed by atoms with Crippen LogP contribution in [0.1, 0.15) is 5.56 Å². The van der Waals surface area contributed by atoms with Gasteiger partial charge >= 0.3 is 11.8 Å². The molecule has 5 nitrogen and oxygen atoms in total. The highest BCUT2D eigenvalue weighted by molar-refractivity contribution is 7.85. The minimum absolute atomic E-state index is 0.332. The minimum Gasteiger partial charge on any atom is -0.423 e. The average Bonchev–Trinajstić information content (AvgIpc) is 2.53. The Bertz CT molecular complexity index is 1070. The number of rotatable bonds is 1. The molecule has 0 radical (unpaired) electrons. The molecule has 0 aliphatic heterocycles. The van der Waals surface area contributed by atoms with E-state index in [-0.39, 0.29) is 5.63 Å². The van der Waals surface area contributed by atoms with Crippen LogP contribution in [-0.4, -0.2) is 13.0 Å². The van der Waals surface area contributed by atoms with Crippen LogP contribution in [0, 0.1) is 0 Å². The third kappa shape index (κ3) is 5.35. The quantitative estimate of drug-likeness (QED) is 0.363. The maximum Gasteiger partial charge on any atom is 0.416 e. The molecule has 0 fully saturated rings. The summed E-state index contributed by atoms with van der Waals surface area (Å²) in [5.74, 6) is 0. The number of hydrogen-bond donors (Lipinski definition) is 2. The number of alkyl halides is 3. The Morgan fingerprint density at radius 1 is 0.962 bits per heavy atom. The largest absolute Gasteiger partial charge is 0.423 e. The molecule has 0 aliphatic rings. The number of benzene rings is 2. The zero-order valence-electron chi connectivity index (χ0n) is 12.8. The Balaban J connectivity index is 0.000000189. The van der Waals surface area contributed by atoms with Crippen LogP contribution in [0.4, 0.5) is 13.2 Å². The first kappa shape index (κ1) is 20.0. The van der Waals surface area contributed by atoms with Crippen LogP contribution in [0.5, 0.6) is 0 Å². The van der Waals surface area contributed by atoms with E-state index in [4.69, 9.17) is 8.97 Å². The Labute approximate surface area is 151 Å². The molecular weight excluding hydrogens is 393 g/mol. The van der Waals surface area contributed by atoms with Crippen molar-refractivity contribution in [1.82, 2.24) is 0 Å². The van der Waals surface area contributed by atoms with Gasteiger partial charge in [-0.3, -0.25) is 4.55 Å². The van der Waals surface area contributed by atoms with Gasteiger partial charge in [-0.2, -0.15) is 21.6 Å². The van der Waals surface area contributed by atoms with Gasteiger partial charge in [0.05, 0.1) is 10.5 Å². The summed E-state index contributed by atoms with van der Waals surface area (Å²) in [5.41, 5.74) is -0.721. The fourth-order valence-corrected chi connectivity index (χ4v) is 2.54. The lowest BCUT2D eigenvalue weighted by molar-refractivity contribution is -0.137. The molecule has 3 rings (SSSR count). The lowest BCUT2D eigenvalue weighted by atomic mass is 10.2. The summed E-state index contributed by atoms with van der Waals surface area (Å²) in [6.07, 6.45) is -4.52. The Kier molecular flexibility index (Phi) is 5.79. The van der Waals surface area contributed by atoms with Crippen LogP contribution in [0.15, 0.2) is 73.6 Å². The van der Waals surface area contributed by atoms with E-state index >= 15 is 0 Å². The molecule has 3 aromatic rings. The van der Waals surface area contributed by atoms with Gasteiger partial charge in [0.1, 0.15) is 5.58 Å². The monoisotopic (exact) mass is 404 g/mol. The van der Waals surface area contributed by atoms with E-state index in [1.807, 2.05) is 12.1 Å². The maximum absolute atomic E-state index is 12.0. The highest BCUT2D eigenvalue weighted by atomic mass is 32.2. The molecular formula is C16H11F3O5S2. The number of hydrogen-bond acceptors (Lipinski definition) is 5. The molecule has 1 aromatic heterocycles. The van der Waals surface area contributed by atoms with Crippen molar-refractivity contribution in [3.05, 3.63) is 70.6 Å². The van der Waals surface area contributed by atoms with Crippen LogP contribution >= 0.6 is 12.6 Å². The van der Waals surface area contributed by atoms with Crippen molar-refractivity contribution in [2.45, 2.75) is 16.0 Å². The van der Waals surface area contributed by atoms with Crippen molar-refractivity contribution in [3.63, 3.8) is 0 Å². The molecule has 0 aliphatic carbocycles. The second kappa shape index (κ2) is 7.52. The maximum atomic E-state index is 12.0. The molecule has 0 unspecified atom stereocenters. The molecule has 0 saturated heterocycles. The van der Waals surface area contributed by atoms with Gasteiger partial charge in [-0.15, -0.1) is 12.6 Å². The van der Waals surface area contributed by atoms with Crippen LogP contribution in [0.3, 0.4) is 0 Å². The van der Waals surface area contributed by atoms with Gasteiger partial charge in [0.25, 0.3) is 10.1 Å². The van der Waals surface area contributed by atoms with Gasteiger partial charge in [-0.05, 0) is 42.5 Å². The molecule has 1 heterocycles. The van der Waals surface area contributed by atoms with Crippen LogP contribution in [0.25, 0.3) is 11.0 Å². The standard InChI is InChI=1S/C9H6O2S.C7H5F3O3S/c10-9-4-2-6-1-3-7(12)5-8(6)11-9;8-7(9,10)5-1-3-6(4-2-5)14(11,12)13/h1-5,12H;1-4H,(H,11,12,13). The van der Waals surface area contributed by atoms with Crippen molar-refractivity contribution in [2.75, 3.05) is 0 Å². The fourth-order valence-electron chi connectivity index (χ4n) is 1.87. The zero-order chi connectivity index (χ0) is 19.5. The van der Waals surface area contributed by atoms with E-state index in [2.05, 4.69) is 12.6 Å². The molecule has 138 valence electrons. The molecule has 0 spiro atoms. The first-order valence-corrected chi connectivity index (χ1v) is 8.73. The summed E-state index contributed by atoms with van der Waals surface area (Å²) in [6, 6.07) is 11.1. The van der Waals surface area contributed by atoms with Gasteiger partial charge < -0.3 is 4.42 Å². The summed E-state index contributed by atoms with van der Waals surface area (Å²) in [4.78, 5) is 11.0. The van der Waals surface area contributed by atoms with E-state index < -0.39 is 26.8 Å². The topological polar surface area (TPSA) is 84.6 Å². The summed E-state index contributed by atoms with van der Waals surface area (Å²) < 4.78 is 70.4. The highest BCUT2D eigenvalue weighted by Gasteiger charge is 2.30. The second-order valence-electron chi connectivity index (χ2n) is 4.97. The molecule has 1 N–H and O–H groups in total. The Hall–Kier alpha value is -2.30. The second-order valence-corrected chi connectivity index (χ2v) is 6.91. The third-order valence-electron chi connectivity index (χ3n) is 3.09. The van der Waals surface area contributed by atoms with Crippen LogP contribution < -0.4 is 5.63 Å². The van der Waals surface area contributed by atoms with Crippen LogP contribution in [-0.2, 0) is 16.3 Å². The van der Waals surface area contributed by atoms with E-state index in [9.17, 15) is 26.4 Å². The summed E-state index contributed by atoms with van der Waals surface area (Å²) >= 11 is 4.13. The first-order valence-electron chi connectivity index (χ1n) is 6.84. The molecule has 0 bridgehead atoms. The van der Waals surface area contributed by atoms with Gasteiger partial charge in [-0.1, -0.05) is 6.07 Å². The number of thiol groups is 1. The van der Waals surface area contributed by atoms with Gasteiger partial charge in [0.15, 0.2) is 0 Å². The SMILES string of the molecule is O=S(=O)(O)c1ccc(C(F)(F)F)cc1.O=c1ccc2ccc(S)cc2o1. The van der Waals surface area contributed by atoms with Crippen molar-refractivity contribution < 1.29 is 30.6 Å². The normalized spacial score (nSPS) is 11.7. The van der Waals surface area contributed by atoms with E-state index in [0.717, 1.165) is 10.3 Å². The average molecular weight is 404 g/mol. The third-order valence-corrected chi connectivity index (χ3v) is 4.23. The van der Waals surface area contributed by atoms with Crippen molar-refractivity contribution >= 4 is 33.7 Å². The molecule has 0 saturated carbocycles. The molecule has 26 heavy (non-hydrogen) atoms. The van der Waals surface area contributed by atoms with Crippen molar-refractivity contribution in [3.8, 4) is 0 Å². The number of halogens is 3. The van der Waals surface area contributed by atoms with E-state index in [1.54, 1.807) is 12.1 Å². The van der Waals surface area contributed by atoms with E-state index in [1.165, 1.54) is 6.07 Å². The minimum atomic E-state index is -4.52. The van der Waals surface area contributed by atoms with Gasteiger partial charge in [0, 0.05) is 16.3 Å². The fraction of sp³-hybridized carbons (Fsp3) is 0.0625. The molecule has 10 heteroatoms. The molecule has 0 atom stereocenters. The molecule has 2 aromatic carbocycles. The Morgan fingerprint density at radius 3 is 2.08 bits per heavy atom. The predicted molar refractivity (Wildman–Crippen MR) is 91.0 cm³/mol. The summed E-state index contributed by atoms with van der Waals surface area (Å²) in [5, 5.41) is 0.910. The lowest BCUT2D eigenvalue weighted by Gasteiger charge is -2.05. The van der Waals surface area contributed by atoms with Gasteiger partial charge in [0.2, 0.25) is 0 Å². The van der Waals surface area contributed by atoms with Crippen molar-refractivity contribution in [2.24, 2.45) is 0 Å². The highest BCUT2D eigenvalue weighted by Crippen LogP contribution is 2.29. The van der Waals surface area contributed by atoms with Gasteiger partial charge in [-0.25, -0.2) is 4.79 Å². The summed E-state index contributed by atoms with van der Waals surface area (Å²) in [7, 11) is -4.43. The predicted octanol–water partition coefficient (Wildman–Crippen LogP) is 4.03. The van der Waals surface area contributed by atoms with Crippen molar-refractivity contribution in [1.29, 1.82) is 0 Å². The first-order chi connectivity index (χ1) is 12.0. The lowest BCUT2D eigenvalue weighted by Crippen LogP contribution is -2.05.